The quantitative estimate of drug-likeness (QED) is 0.939. The number of thiazole rings is 1. The van der Waals surface area contributed by atoms with Gasteiger partial charge in [-0.15, -0.1) is 11.3 Å². The molecule has 1 aromatic heterocycles. The number of aryl methyl sites for hydroxylation is 2. The summed E-state index contributed by atoms with van der Waals surface area (Å²) in [5, 5.41) is 1.07. The fourth-order valence-corrected chi connectivity index (χ4v) is 3.47. The highest BCUT2D eigenvalue weighted by molar-refractivity contribution is 9.11. The van der Waals surface area contributed by atoms with Gasteiger partial charge in [0.05, 0.1) is 9.48 Å². The predicted molar refractivity (Wildman–Crippen MR) is 77.5 cm³/mol. The van der Waals surface area contributed by atoms with Crippen molar-refractivity contribution in [3.63, 3.8) is 0 Å². The molecule has 2 N–H and O–H groups in total. The lowest BCUT2D eigenvalue weighted by Crippen LogP contribution is -2.03. The van der Waals surface area contributed by atoms with Crippen LogP contribution in [0, 0.1) is 13.8 Å². The minimum atomic E-state index is 0.634. The lowest BCUT2D eigenvalue weighted by molar-refractivity contribution is 0.931. The van der Waals surface area contributed by atoms with Crippen LogP contribution in [0.2, 0.25) is 0 Å². The molecule has 0 unspecified atom stereocenters. The largest absolute Gasteiger partial charge is 0.330 e. The molecule has 0 aliphatic heterocycles. The van der Waals surface area contributed by atoms with Gasteiger partial charge in [0.15, 0.2) is 0 Å². The van der Waals surface area contributed by atoms with Crippen molar-refractivity contribution < 1.29 is 0 Å². The summed E-state index contributed by atoms with van der Waals surface area (Å²) < 4.78 is 1.10. The third-order valence-electron chi connectivity index (χ3n) is 2.64. The molecule has 0 aliphatic carbocycles. The number of aromatic nitrogens is 1. The Morgan fingerprint density at radius 3 is 2.76 bits per heavy atom. The smallest absolute Gasteiger partial charge is 0.124 e. The molecular formula is C13H15BrN2S. The Hall–Kier alpha value is -0.710. The number of benzene rings is 1. The van der Waals surface area contributed by atoms with E-state index in [4.69, 9.17) is 5.73 Å². The molecule has 2 rings (SSSR count). The van der Waals surface area contributed by atoms with Gasteiger partial charge >= 0.3 is 0 Å². The van der Waals surface area contributed by atoms with Crippen LogP contribution >= 0.6 is 27.3 Å². The first-order valence-electron chi connectivity index (χ1n) is 5.54. The van der Waals surface area contributed by atoms with Crippen LogP contribution in [0.3, 0.4) is 0 Å². The summed E-state index contributed by atoms with van der Waals surface area (Å²) in [6.07, 6.45) is 0.821. The van der Waals surface area contributed by atoms with Crippen molar-refractivity contribution in [2.45, 2.75) is 20.3 Å². The Bertz CT molecular complexity index is 534. The van der Waals surface area contributed by atoms with Crippen LogP contribution in [-0.4, -0.2) is 11.5 Å². The highest BCUT2D eigenvalue weighted by Gasteiger charge is 2.11. The lowest BCUT2D eigenvalue weighted by Gasteiger charge is -2.02. The highest BCUT2D eigenvalue weighted by atomic mass is 79.9. The van der Waals surface area contributed by atoms with Crippen molar-refractivity contribution in [2.24, 2.45) is 5.73 Å². The molecule has 0 bridgehead atoms. The molecule has 0 saturated carbocycles. The lowest BCUT2D eigenvalue weighted by atomic mass is 10.1. The number of nitrogens with two attached hydrogens (primary N) is 1. The summed E-state index contributed by atoms with van der Waals surface area (Å²) in [5.74, 6) is 0. The first kappa shape index (κ1) is 12.7. The van der Waals surface area contributed by atoms with Gasteiger partial charge in [0.2, 0.25) is 0 Å². The van der Waals surface area contributed by atoms with Gasteiger partial charge in [-0.25, -0.2) is 4.98 Å². The van der Waals surface area contributed by atoms with Gasteiger partial charge < -0.3 is 5.73 Å². The number of rotatable bonds is 3. The highest BCUT2D eigenvalue weighted by Crippen LogP contribution is 2.33. The average molecular weight is 311 g/mol. The molecular weight excluding hydrogens is 296 g/mol. The van der Waals surface area contributed by atoms with Crippen LogP contribution in [-0.2, 0) is 6.42 Å². The molecule has 90 valence electrons. The second kappa shape index (κ2) is 5.29. The minimum absolute atomic E-state index is 0.634. The van der Waals surface area contributed by atoms with Crippen molar-refractivity contribution >= 4 is 27.3 Å². The van der Waals surface area contributed by atoms with Gasteiger partial charge in [-0.3, -0.25) is 0 Å². The van der Waals surface area contributed by atoms with E-state index in [0.717, 1.165) is 20.9 Å². The van der Waals surface area contributed by atoms with Crippen molar-refractivity contribution in [1.82, 2.24) is 4.98 Å². The maximum absolute atomic E-state index is 5.57. The van der Waals surface area contributed by atoms with Crippen LogP contribution in [0.15, 0.2) is 22.0 Å². The van der Waals surface area contributed by atoms with E-state index in [2.05, 4.69) is 53.0 Å². The number of nitrogens with zero attached hydrogens (tertiary/aromatic N) is 1. The van der Waals surface area contributed by atoms with E-state index < -0.39 is 0 Å². The van der Waals surface area contributed by atoms with E-state index in [9.17, 15) is 0 Å². The second-order valence-electron chi connectivity index (χ2n) is 4.10. The normalized spacial score (nSPS) is 10.8. The SMILES string of the molecule is Cc1ccc(-c2nc(CCN)c(Br)s2)c(C)c1. The van der Waals surface area contributed by atoms with Gasteiger partial charge in [-0.05, 0) is 41.9 Å². The van der Waals surface area contributed by atoms with Crippen LogP contribution in [0.5, 0.6) is 0 Å². The third kappa shape index (κ3) is 2.76. The van der Waals surface area contributed by atoms with E-state index in [-0.39, 0.29) is 0 Å². The van der Waals surface area contributed by atoms with Crippen molar-refractivity contribution in [3.8, 4) is 10.6 Å². The van der Waals surface area contributed by atoms with Crippen LogP contribution < -0.4 is 5.73 Å². The molecule has 0 aliphatic rings. The standard InChI is InChI=1S/C13H15BrN2S/c1-8-3-4-10(9(2)7-8)13-16-11(5-6-15)12(14)17-13/h3-4,7H,5-6,15H2,1-2H3. The first-order valence-corrected chi connectivity index (χ1v) is 7.15. The molecule has 0 amide bonds. The third-order valence-corrected chi connectivity index (χ3v) is 4.51. The van der Waals surface area contributed by atoms with E-state index >= 15 is 0 Å². The maximum Gasteiger partial charge on any atom is 0.124 e. The van der Waals surface area contributed by atoms with E-state index in [1.54, 1.807) is 11.3 Å². The number of hydrogen-bond donors (Lipinski definition) is 1. The summed E-state index contributed by atoms with van der Waals surface area (Å²) in [4.78, 5) is 4.65. The van der Waals surface area contributed by atoms with Crippen LogP contribution in [0.25, 0.3) is 10.6 Å². The molecule has 0 radical (unpaired) electrons. The van der Waals surface area contributed by atoms with Crippen molar-refractivity contribution in [3.05, 3.63) is 38.8 Å². The second-order valence-corrected chi connectivity index (χ2v) is 6.41. The van der Waals surface area contributed by atoms with Crippen LogP contribution in [0.1, 0.15) is 16.8 Å². The molecule has 4 heteroatoms. The van der Waals surface area contributed by atoms with E-state index in [1.807, 2.05) is 0 Å². The van der Waals surface area contributed by atoms with Crippen LogP contribution in [0.4, 0.5) is 0 Å². The molecule has 0 saturated heterocycles. The molecule has 1 heterocycles. The average Bonchev–Trinajstić information content (AvgIpc) is 2.60. The minimum Gasteiger partial charge on any atom is -0.330 e. The zero-order chi connectivity index (χ0) is 12.4. The molecule has 17 heavy (non-hydrogen) atoms. The van der Waals surface area contributed by atoms with Gasteiger partial charge in [0.25, 0.3) is 0 Å². The fourth-order valence-electron chi connectivity index (χ4n) is 1.79. The van der Waals surface area contributed by atoms with Gasteiger partial charge in [-0.2, -0.15) is 0 Å². The molecule has 0 fully saturated rings. The topological polar surface area (TPSA) is 38.9 Å². The Morgan fingerprint density at radius 1 is 1.35 bits per heavy atom. The summed E-state index contributed by atoms with van der Waals surface area (Å²) >= 11 is 5.23. The molecule has 1 aromatic carbocycles. The Labute approximate surface area is 114 Å². The van der Waals surface area contributed by atoms with Gasteiger partial charge in [-0.1, -0.05) is 23.8 Å². The molecule has 0 spiro atoms. The summed E-state index contributed by atoms with van der Waals surface area (Å²) in [5.41, 5.74) is 10.4. The van der Waals surface area contributed by atoms with E-state index in [1.165, 1.54) is 16.7 Å². The molecule has 0 atom stereocenters. The van der Waals surface area contributed by atoms with E-state index in [0.29, 0.717) is 6.54 Å². The summed E-state index contributed by atoms with van der Waals surface area (Å²) in [6.45, 7) is 4.86. The zero-order valence-corrected chi connectivity index (χ0v) is 12.4. The summed E-state index contributed by atoms with van der Waals surface area (Å²) in [6, 6.07) is 6.45. The van der Waals surface area contributed by atoms with Crippen molar-refractivity contribution in [2.75, 3.05) is 6.54 Å². The van der Waals surface area contributed by atoms with Gasteiger partial charge in [0.1, 0.15) is 5.01 Å². The number of halogens is 1. The number of hydrogen-bond acceptors (Lipinski definition) is 3. The monoisotopic (exact) mass is 310 g/mol. The Kier molecular flexibility index (Phi) is 3.97. The van der Waals surface area contributed by atoms with Gasteiger partial charge in [0, 0.05) is 12.0 Å². The van der Waals surface area contributed by atoms with Crippen molar-refractivity contribution in [1.29, 1.82) is 0 Å². The zero-order valence-electron chi connectivity index (χ0n) is 9.96. The predicted octanol–water partition coefficient (Wildman–Crippen LogP) is 3.69. The molecule has 2 aromatic rings. The molecule has 2 nitrogen and oxygen atoms in total. The fraction of sp³-hybridized carbons (Fsp3) is 0.308. The maximum atomic E-state index is 5.57. The summed E-state index contributed by atoms with van der Waals surface area (Å²) in [7, 11) is 0. The Balaban J connectivity index is 2.42. The Morgan fingerprint density at radius 2 is 2.12 bits per heavy atom. The first-order chi connectivity index (χ1) is 8.11.